The van der Waals surface area contributed by atoms with Crippen LogP contribution in [0, 0.1) is 5.82 Å². The molecule has 1 aliphatic carbocycles. The van der Waals surface area contributed by atoms with Crippen molar-refractivity contribution in [3.8, 4) is 0 Å². The molecule has 6 heteroatoms. The first kappa shape index (κ1) is 19.6. The highest BCUT2D eigenvalue weighted by Crippen LogP contribution is 2.33. The Bertz CT molecular complexity index is 993. The molecule has 1 saturated carbocycles. The van der Waals surface area contributed by atoms with Crippen LogP contribution in [-0.4, -0.2) is 31.9 Å². The molecular formula is C23H27FN4O. The molecule has 4 rings (SSSR count). The molecule has 1 amide bonds. The fraction of sp³-hybridized carbons (Fsp3) is 0.435. The van der Waals surface area contributed by atoms with Gasteiger partial charge < -0.3 is 9.47 Å². The van der Waals surface area contributed by atoms with Gasteiger partial charge in [0.15, 0.2) is 5.65 Å². The molecule has 0 aliphatic heterocycles. The summed E-state index contributed by atoms with van der Waals surface area (Å²) < 4.78 is 15.9. The maximum absolute atomic E-state index is 13.7. The van der Waals surface area contributed by atoms with E-state index in [0.29, 0.717) is 24.7 Å². The minimum Gasteiger partial charge on any atom is -0.331 e. The van der Waals surface area contributed by atoms with Crippen molar-refractivity contribution in [3.05, 3.63) is 59.8 Å². The molecule has 5 nitrogen and oxygen atoms in total. The van der Waals surface area contributed by atoms with Crippen LogP contribution in [0.15, 0.2) is 42.6 Å². The number of imidazole rings is 1. The van der Waals surface area contributed by atoms with Crippen LogP contribution < -0.4 is 0 Å². The standard InChI is InChI=1S/C23H27FN4O/c1-2-3-14-27(23(29)17-8-6-9-18(24)15-17)16-21-26-20-12-7-13-25-22(20)28(21)19-10-4-5-11-19/h6-9,12-13,15,19H,2-5,10-11,14,16H2,1H3. The van der Waals surface area contributed by atoms with E-state index in [1.807, 2.05) is 12.1 Å². The lowest BCUT2D eigenvalue weighted by molar-refractivity contribution is 0.0733. The first-order chi connectivity index (χ1) is 14.2. The van der Waals surface area contributed by atoms with E-state index in [1.54, 1.807) is 23.2 Å². The van der Waals surface area contributed by atoms with E-state index < -0.39 is 5.82 Å². The summed E-state index contributed by atoms with van der Waals surface area (Å²) in [6, 6.07) is 10.2. The number of carbonyl (C=O) groups is 1. The number of unbranched alkanes of at least 4 members (excludes halogenated alkanes) is 1. The van der Waals surface area contributed by atoms with Crippen LogP contribution in [0.1, 0.15) is 67.7 Å². The molecule has 152 valence electrons. The maximum Gasteiger partial charge on any atom is 0.254 e. The molecule has 3 aromatic rings. The summed E-state index contributed by atoms with van der Waals surface area (Å²) in [5, 5.41) is 0. The van der Waals surface area contributed by atoms with E-state index in [0.717, 1.165) is 42.7 Å². The summed E-state index contributed by atoms with van der Waals surface area (Å²) in [4.78, 5) is 24.4. The van der Waals surface area contributed by atoms with E-state index in [2.05, 4.69) is 16.5 Å². The first-order valence-electron chi connectivity index (χ1n) is 10.5. The molecule has 0 saturated heterocycles. The van der Waals surface area contributed by atoms with Gasteiger partial charge in [-0.15, -0.1) is 0 Å². The molecule has 1 aliphatic rings. The Labute approximate surface area is 170 Å². The van der Waals surface area contributed by atoms with Crippen molar-refractivity contribution in [2.24, 2.45) is 0 Å². The Morgan fingerprint density at radius 1 is 1.24 bits per heavy atom. The minimum absolute atomic E-state index is 0.157. The first-order valence-corrected chi connectivity index (χ1v) is 10.5. The molecule has 2 aromatic heterocycles. The van der Waals surface area contributed by atoms with Gasteiger partial charge in [0.25, 0.3) is 5.91 Å². The Morgan fingerprint density at radius 3 is 2.83 bits per heavy atom. The molecule has 0 radical (unpaired) electrons. The lowest BCUT2D eigenvalue weighted by Gasteiger charge is -2.24. The molecule has 2 heterocycles. The summed E-state index contributed by atoms with van der Waals surface area (Å²) in [5.74, 6) is 0.316. The van der Waals surface area contributed by atoms with E-state index in [9.17, 15) is 9.18 Å². The van der Waals surface area contributed by atoms with Crippen molar-refractivity contribution in [1.82, 2.24) is 19.4 Å². The number of amides is 1. The van der Waals surface area contributed by atoms with Crippen molar-refractivity contribution in [3.63, 3.8) is 0 Å². The number of pyridine rings is 1. The zero-order valence-corrected chi connectivity index (χ0v) is 16.9. The van der Waals surface area contributed by atoms with Crippen molar-refractivity contribution < 1.29 is 9.18 Å². The Balaban J connectivity index is 1.69. The fourth-order valence-electron chi connectivity index (χ4n) is 4.21. The van der Waals surface area contributed by atoms with Crippen LogP contribution in [0.2, 0.25) is 0 Å². The third kappa shape index (κ3) is 4.16. The van der Waals surface area contributed by atoms with Crippen molar-refractivity contribution in [2.45, 2.75) is 58.0 Å². The second-order valence-corrected chi connectivity index (χ2v) is 7.77. The van der Waals surface area contributed by atoms with E-state index in [-0.39, 0.29) is 5.91 Å². The van der Waals surface area contributed by atoms with Crippen LogP contribution >= 0.6 is 0 Å². The van der Waals surface area contributed by atoms with Crippen molar-refractivity contribution >= 4 is 17.1 Å². The van der Waals surface area contributed by atoms with Crippen LogP contribution in [0.5, 0.6) is 0 Å². The topological polar surface area (TPSA) is 51.0 Å². The monoisotopic (exact) mass is 394 g/mol. The van der Waals surface area contributed by atoms with Gasteiger partial charge in [-0.1, -0.05) is 32.3 Å². The van der Waals surface area contributed by atoms with Crippen LogP contribution in [0.25, 0.3) is 11.2 Å². The van der Waals surface area contributed by atoms with Gasteiger partial charge in [0.2, 0.25) is 0 Å². The second kappa shape index (κ2) is 8.72. The highest BCUT2D eigenvalue weighted by Gasteiger charge is 2.26. The number of hydrogen-bond donors (Lipinski definition) is 0. The quantitative estimate of drug-likeness (QED) is 0.558. The largest absolute Gasteiger partial charge is 0.331 e. The van der Waals surface area contributed by atoms with Gasteiger partial charge in [0, 0.05) is 24.3 Å². The van der Waals surface area contributed by atoms with Crippen molar-refractivity contribution in [2.75, 3.05) is 6.54 Å². The molecular weight excluding hydrogens is 367 g/mol. The zero-order valence-electron chi connectivity index (χ0n) is 16.9. The van der Waals surface area contributed by atoms with Gasteiger partial charge in [-0.05, 0) is 49.6 Å². The Kier molecular flexibility index (Phi) is 5.88. The number of rotatable bonds is 7. The zero-order chi connectivity index (χ0) is 20.2. The smallest absolute Gasteiger partial charge is 0.254 e. The average Bonchev–Trinajstić information content (AvgIpc) is 3.37. The molecule has 1 aromatic carbocycles. The van der Waals surface area contributed by atoms with Gasteiger partial charge in [0.1, 0.15) is 17.2 Å². The summed E-state index contributed by atoms with van der Waals surface area (Å²) in [6.07, 6.45) is 8.31. The van der Waals surface area contributed by atoms with Gasteiger partial charge in [0.05, 0.1) is 6.54 Å². The highest BCUT2D eigenvalue weighted by molar-refractivity contribution is 5.94. The third-order valence-corrected chi connectivity index (χ3v) is 5.68. The fourth-order valence-corrected chi connectivity index (χ4v) is 4.21. The second-order valence-electron chi connectivity index (χ2n) is 7.77. The Hall–Kier alpha value is -2.76. The van der Waals surface area contributed by atoms with E-state index in [4.69, 9.17) is 4.98 Å². The molecule has 0 spiro atoms. The number of benzene rings is 1. The number of aromatic nitrogens is 3. The van der Waals surface area contributed by atoms with Crippen LogP contribution in [-0.2, 0) is 6.54 Å². The Morgan fingerprint density at radius 2 is 2.07 bits per heavy atom. The number of halogens is 1. The molecule has 29 heavy (non-hydrogen) atoms. The minimum atomic E-state index is -0.395. The van der Waals surface area contributed by atoms with E-state index >= 15 is 0 Å². The number of hydrogen-bond acceptors (Lipinski definition) is 3. The molecule has 0 unspecified atom stereocenters. The van der Waals surface area contributed by atoms with Gasteiger partial charge in [-0.3, -0.25) is 4.79 Å². The molecule has 0 bridgehead atoms. The summed E-state index contributed by atoms with van der Waals surface area (Å²) in [7, 11) is 0. The number of nitrogens with zero attached hydrogens (tertiary/aromatic N) is 4. The summed E-state index contributed by atoms with van der Waals surface area (Å²) in [5.41, 5.74) is 2.13. The molecule has 0 atom stereocenters. The van der Waals surface area contributed by atoms with Gasteiger partial charge in [-0.2, -0.15) is 0 Å². The predicted molar refractivity (Wildman–Crippen MR) is 111 cm³/mol. The maximum atomic E-state index is 13.7. The SMILES string of the molecule is CCCCN(Cc1nc2cccnc2n1C1CCCC1)C(=O)c1cccc(F)c1. The van der Waals surface area contributed by atoms with Crippen LogP contribution in [0.4, 0.5) is 4.39 Å². The van der Waals surface area contributed by atoms with Gasteiger partial charge >= 0.3 is 0 Å². The summed E-state index contributed by atoms with van der Waals surface area (Å²) >= 11 is 0. The predicted octanol–water partition coefficient (Wildman–Crippen LogP) is 5.13. The average molecular weight is 394 g/mol. The molecule has 0 N–H and O–H groups in total. The molecule has 1 fully saturated rings. The highest BCUT2D eigenvalue weighted by atomic mass is 19.1. The van der Waals surface area contributed by atoms with Crippen LogP contribution in [0.3, 0.4) is 0 Å². The van der Waals surface area contributed by atoms with E-state index in [1.165, 1.54) is 25.0 Å². The number of fused-ring (bicyclic) bond motifs is 1. The lowest BCUT2D eigenvalue weighted by Crippen LogP contribution is -2.33. The van der Waals surface area contributed by atoms with Gasteiger partial charge in [-0.25, -0.2) is 14.4 Å². The third-order valence-electron chi connectivity index (χ3n) is 5.68. The number of carbonyl (C=O) groups excluding carboxylic acids is 1. The van der Waals surface area contributed by atoms with Crippen molar-refractivity contribution in [1.29, 1.82) is 0 Å². The lowest BCUT2D eigenvalue weighted by atomic mass is 10.1. The summed E-state index contributed by atoms with van der Waals surface area (Å²) in [6.45, 7) is 3.12. The normalized spacial score (nSPS) is 14.6.